The fourth-order valence-corrected chi connectivity index (χ4v) is 4.01. The number of carbonyl (C=O) groups excluding carboxylic acids is 3. The highest BCUT2D eigenvalue weighted by molar-refractivity contribution is 6.43. The van der Waals surface area contributed by atoms with Crippen LogP contribution in [-0.2, 0) is 14.3 Å². The highest BCUT2D eigenvalue weighted by Crippen LogP contribution is 2.37. The molecule has 7 nitrogen and oxygen atoms in total. The normalized spacial score (nSPS) is 23.4. The van der Waals surface area contributed by atoms with E-state index in [1.807, 2.05) is 30.3 Å². The van der Waals surface area contributed by atoms with E-state index in [1.165, 1.54) is 17.2 Å². The summed E-state index contributed by atoms with van der Waals surface area (Å²) in [5, 5.41) is 0. The summed E-state index contributed by atoms with van der Waals surface area (Å²) in [6, 6.07) is 11.8. The van der Waals surface area contributed by atoms with Gasteiger partial charge in [-0.2, -0.15) is 0 Å². The van der Waals surface area contributed by atoms with E-state index in [4.69, 9.17) is 9.15 Å². The molecule has 0 aliphatic carbocycles. The van der Waals surface area contributed by atoms with Crippen LogP contribution in [0.4, 0.5) is 0 Å². The molecule has 2 fully saturated rings. The first-order valence-electron chi connectivity index (χ1n) is 9.55. The molecule has 1 aromatic carbocycles. The highest BCUT2D eigenvalue weighted by atomic mass is 16.5. The number of ether oxygens (including phenoxy) is 1. The lowest BCUT2D eigenvalue weighted by atomic mass is 9.88. The van der Waals surface area contributed by atoms with Gasteiger partial charge in [-0.3, -0.25) is 14.4 Å². The maximum atomic E-state index is 13.0. The maximum absolute atomic E-state index is 13.0. The van der Waals surface area contributed by atoms with Crippen LogP contribution >= 0.6 is 0 Å². The highest BCUT2D eigenvalue weighted by Gasteiger charge is 2.52. The van der Waals surface area contributed by atoms with Gasteiger partial charge in [-0.25, -0.2) is 0 Å². The Morgan fingerprint density at radius 2 is 1.82 bits per heavy atom. The molecule has 2 aliphatic heterocycles. The Morgan fingerprint density at radius 1 is 1.07 bits per heavy atom. The van der Waals surface area contributed by atoms with Crippen molar-refractivity contribution in [3.8, 4) is 0 Å². The average molecular weight is 383 g/mol. The minimum absolute atomic E-state index is 0.104. The average Bonchev–Trinajstić information content (AvgIpc) is 3.36. The summed E-state index contributed by atoms with van der Waals surface area (Å²) in [6.07, 6.45) is 1.39. The van der Waals surface area contributed by atoms with Gasteiger partial charge in [0.15, 0.2) is 5.76 Å². The molecule has 2 aliphatic rings. The number of benzene rings is 1. The van der Waals surface area contributed by atoms with E-state index in [2.05, 4.69) is 0 Å². The van der Waals surface area contributed by atoms with Gasteiger partial charge in [0.1, 0.15) is 19.0 Å². The van der Waals surface area contributed by atoms with Gasteiger partial charge in [0, 0.05) is 0 Å². The van der Waals surface area contributed by atoms with Crippen LogP contribution in [0.25, 0.3) is 0 Å². The summed E-state index contributed by atoms with van der Waals surface area (Å²) in [7, 11) is 0. The van der Waals surface area contributed by atoms with Crippen LogP contribution in [0.2, 0.25) is 0 Å². The molecule has 0 spiro atoms. The van der Waals surface area contributed by atoms with Crippen LogP contribution in [-0.4, -0.2) is 61.8 Å². The number of nitrogens with zero attached hydrogens (tertiary/aromatic N) is 1. The Bertz CT molecular complexity index is 843. The fourth-order valence-electron chi connectivity index (χ4n) is 4.01. The van der Waals surface area contributed by atoms with Gasteiger partial charge < -0.3 is 19.0 Å². The standard InChI is InChI=1S/C21H22N2O5/c24-19(16-7-4-12-28-16)17-18(15-5-2-1-3-6-15)23(21(26)20(17)25)9-8-22-10-13-27-14-11-22/h1-7,12,17-18H,8-11,13-14H2/p+1. The minimum Gasteiger partial charge on any atom is -0.461 e. The van der Waals surface area contributed by atoms with Crippen molar-refractivity contribution in [3.05, 3.63) is 60.1 Å². The number of morpholine rings is 1. The zero-order valence-electron chi connectivity index (χ0n) is 15.5. The molecule has 0 saturated carbocycles. The third-order valence-corrected chi connectivity index (χ3v) is 5.50. The van der Waals surface area contributed by atoms with Crippen molar-refractivity contribution in [2.75, 3.05) is 39.4 Å². The summed E-state index contributed by atoms with van der Waals surface area (Å²) < 4.78 is 10.6. The second-order valence-corrected chi connectivity index (χ2v) is 7.15. The van der Waals surface area contributed by atoms with E-state index in [-0.39, 0.29) is 5.76 Å². The first-order chi connectivity index (χ1) is 13.7. The van der Waals surface area contributed by atoms with Crippen molar-refractivity contribution in [2.24, 2.45) is 5.92 Å². The Kier molecular flexibility index (Phi) is 5.36. The van der Waals surface area contributed by atoms with E-state index < -0.39 is 29.4 Å². The lowest BCUT2D eigenvalue weighted by molar-refractivity contribution is -0.907. The molecular weight excluding hydrogens is 360 g/mol. The van der Waals surface area contributed by atoms with E-state index in [0.717, 1.165) is 18.7 Å². The molecule has 1 aromatic heterocycles. The van der Waals surface area contributed by atoms with Crippen LogP contribution < -0.4 is 4.90 Å². The number of hydrogen-bond donors (Lipinski definition) is 1. The summed E-state index contributed by atoms with van der Waals surface area (Å²) in [5.41, 5.74) is 0.781. The number of carbonyl (C=O) groups is 3. The monoisotopic (exact) mass is 383 g/mol. The lowest BCUT2D eigenvalue weighted by Crippen LogP contribution is -3.14. The van der Waals surface area contributed by atoms with Gasteiger partial charge in [0.25, 0.3) is 5.91 Å². The fraction of sp³-hybridized carbons (Fsp3) is 0.381. The van der Waals surface area contributed by atoms with Crippen LogP contribution in [0.5, 0.6) is 0 Å². The van der Waals surface area contributed by atoms with Crippen LogP contribution in [0.1, 0.15) is 22.2 Å². The van der Waals surface area contributed by atoms with Gasteiger partial charge in [-0.15, -0.1) is 0 Å². The molecule has 1 N–H and O–H groups in total. The third-order valence-electron chi connectivity index (χ3n) is 5.50. The summed E-state index contributed by atoms with van der Waals surface area (Å²) >= 11 is 0. The van der Waals surface area contributed by atoms with Crippen LogP contribution in [0.15, 0.2) is 53.1 Å². The SMILES string of the molecule is O=C1C(=O)N(CC[NH+]2CCOCC2)C(c2ccccc2)C1C(=O)c1ccco1. The molecule has 2 unspecified atom stereocenters. The third kappa shape index (κ3) is 3.50. The van der Waals surface area contributed by atoms with Gasteiger partial charge in [-0.05, 0) is 17.7 Å². The maximum Gasteiger partial charge on any atom is 0.291 e. The lowest BCUT2D eigenvalue weighted by Gasteiger charge is -2.30. The topological polar surface area (TPSA) is 81.3 Å². The van der Waals surface area contributed by atoms with Gasteiger partial charge in [-0.1, -0.05) is 30.3 Å². The van der Waals surface area contributed by atoms with Crippen molar-refractivity contribution < 1.29 is 28.4 Å². The molecule has 3 heterocycles. The quantitative estimate of drug-likeness (QED) is 0.436. The molecule has 0 radical (unpaired) electrons. The van der Waals surface area contributed by atoms with E-state index >= 15 is 0 Å². The van der Waals surface area contributed by atoms with Gasteiger partial charge >= 0.3 is 0 Å². The smallest absolute Gasteiger partial charge is 0.291 e. The number of nitrogens with one attached hydrogen (secondary N) is 1. The molecule has 28 heavy (non-hydrogen) atoms. The number of amides is 1. The summed E-state index contributed by atoms with van der Waals surface area (Å²) in [6.45, 7) is 4.28. The van der Waals surface area contributed by atoms with Crippen molar-refractivity contribution in [3.63, 3.8) is 0 Å². The van der Waals surface area contributed by atoms with Crippen molar-refractivity contribution in [2.45, 2.75) is 6.04 Å². The largest absolute Gasteiger partial charge is 0.461 e. The number of quaternary nitrogens is 1. The first kappa shape index (κ1) is 18.6. The van der Waals surface area contributed by atoms with E-state index in [0.29, 0.717) is 26.3 Å². The molecule has 2 atom stereocenters. The van der Waals surface area contributed by atoms with Crippen molar-refractivity contribution in [1.82, 2.24) is 4.90 Å². The van der Waals surface area contributed by atoms with Crippen molar-refractivity contribution in [1.29, 1.82) is 0 Å². The number of ketones is 2. The van der Waals surface area contributed by atoms with Gasteiger partial charge in [0.2, 0.25) is 11.6 Å². The number of Topliss-reactive ketones (excluding diaryl/α,β-unsaturated/α-hetero) is 2. The number of rotatable bonds is 6. The molecular formula is C21H23N2O5+. The predicted molar refractivity (Wildman–Crippen MR) is 98.8 cm³/mol. The van der Waals surface area contributed by atoms with Gasteiger partial charge in [0.05, 0.1) is 38.6 Å². The second kappa shape index (κ2) is 8.08. The summed E-state index contributed by atoms with van der Waals surface area (Å²) in [5.74, 6) is -2.68. The zero-order chi connectivity index (χ0) is 19.5. The number of furan rings is 1. The molecule has 7 heteroatoms. The molecule has 2 aromatic rings. The Balaban J connectivity index is 1.63. The first-order valence-corrected chi connectivity index (χ1v) is 9.55. The Labute approximate surface area is 162 Å². The Morgan fingerprint density at radius 3 is 2.50 bits per heavy atom. The molecule has 4 rings (SSSR count). The minimum atomic E-state index is -1.08. The predicted octanol–water partition coefficient (Wildman–Crippen LogP) is 0.146. The Hall–Kier alpha value is -2.77. The van der Waals surface area contributed by atoms with Crippen LogP contribution in [0, 0.1) is 5.92 Å². The second-order valence-electron chi connectivity index (χ2n) is 7.15. The zero-order valence-corrected chi connectivity index (χ0v) is 15.5. The van der Waals surface area contributed by atoms with Crippen LogP contribution in [0.3, 0.4) is 0 Å². The molecule has 2 saturated heterocycles. The molecule has 1 amide bonds. The van der Waals surface area contributed by atoms with E-state index in [9.17, 15) is 14.4 Å². The molecule has 0 bridgehead atoms. The number of hydrogen-bond acceptors (Lipinski definition) is 5. The van der Waals surface area contributed by atoms with E-state index in [1.54, 1.807) is 11.0 Å². The van der Waals surface area contributed by atoms with Crippen molar-refractivity contribution >= 4 is 17.5 Å². The number of likely N-dealkylation sites (tertiary alicyclic amines) is 1. The summed E-state index contributed by atoms with van der Waals surface area (Å²) in [4.78, 5) is 41.5. The molecule has 146 valence electrons.